The molecule has 0 atom stereocenters. The monoisotopic (exact) mass is 448 g/mol. The van der Waals surface area contributed by atoms with Crippen molar-refractivity contribution < 1.29 is 27.5 Å². The highest BCUT2D eigenvalue weighted by Gasteiger charge is 2.32. The van der Waals surface area contributed by atoms with Gasteiger partial charge >= 0.3 is 6.18 Å². The van der Waals surface area contributed by atoms with Crippen LogP contribution in [0.15, 0.2) is 58.3 Å². The molecule has 31 heavy (non-hydrogen) atoms. The zero-order chi connectivity index (χ0) is 22.0. The van der Waals surface area contributed by atoms with Crippen LogP contribution in [0, 0.1) is 0 Å². The second-order valence-corrected chi connectivity index (χ2v) is 8.17. The molecule has 2 aromatic carbocycles. The second-order valence-electron chi connectivity index (χ2n) is 7.08. The van der Waals surface area contributed by atoms with Crippen molar-refractivity contribution in [1.29, 1.82) is 0 Å². The maximum Gasteiger partial charge on any atom is 0.416 e. The Morgan fingerprint density at radius 3 is 2.42 bits per heavy atom. The Hall–Kier alpha value is -2.78. The summed E-state index contributed by atoms with van der Waals surface area (Å²) in [5.74, 6) is -0.530. The average molecular weight is 448 g/mol. The summed E-state index contributed by atoms with van der Waals surface area (Å²) in [6.07, 6.45) is -2.87. The van der Waals surface area contributed by atoms with E-state index in [0.717, 1.165) is 17.0 Å². The first-order valence-electron chi connectivity index (χ1n) is 9.66. The lowest BCUT2D eigenvalue weighted by atomic mass is 10.1. The van der Waals surface area contributed by atoms with Crippen molar-refractivity contribution in [2.24, 2.45) is 0 Å². The maximum absolute atomic E-state index is 13.2. The summed E-state index contributed by atoms with van der Waals surface area (Å²) in [4.78, 5) is 30.2. The number of nitrogens with zero attached hydrogens (tertiary/aromatic N) is 2. The number of rotatable bonds is 3. The molecular formula is C22H19F3N2O3S. The van der Waals surface area contributed by atoms with Crippen LogP contribution >= 0.6 is 11.8 Å². The fraction of sp³-hybridized carbons (Fsp3) is 0.273. The summed E-state index contributed by atoms with van der Waals surface area (Å²) < 4.78 is 43.7. The molecule has 4 rings (SSSR count). The number of morpholine rings is 1. The zero-order valence-corrected chi connectivity index (χ0v) is 17.2. The van der Waals surface area contributed by atoms with Gasteiger partial charge in [0.05, 0.1) is 29.4 Å². The number of amides is 2. The van der Waals surface area contributed by atoms with Gasteiger partial charge in [0.2, 0.25) is 5.91 Å². The zero-order valence-electron chi connectivity index (χ0n) is 16.4. The Morgan fingerprint density at radius 1 is 1.06 bits per heavy atom. The molecule has 162 valence electrons. The van der Waals surface area contributed by atoms with Gasteiger partial charge in [-0.05, 0) is 35.9 Å². The molecular weight excluding hydrogens is 429 g/mol. The molecule has 1 fully saturated rings. The van der Waals surface area contributed by atoms with Gasteiger partial charge in [0.1, 0.15) is 6.54 Å². The number of benzene rings is 2. The van der Waals surface area contributed by atoms with Crippen LogP contribution in [-0.4, -0.2) is 49.6 Å². The minimum absolute atomic E-state index is 0.110. The van der Waals surface area contributed by atoms with E-state index in [0.29, 0.717) is 42.5 Å². The molecule has 0 bridgehead atoms. The van der Waals surface area contributed by atoms with Crippen molar-refractivity contribution in [2.45, 2.75) is 11.1 Å². The fourth-order valence-electron chi connectivity index (χ4n) is 3.39. The van der Waals surface area contributed by atoms with Crippen molar-refractivity contribution in [1.82, 2.24) is 4.90 Å². The average Bonchev–Trinajstić information content (AvgIpc) is 2.77. The lowest BCUT2D eigenvalue weighted by molar-refractivity contribution is -0.137. The van der Waals surface area contributed by atoms with Gasteiger partial charge in [-0.15, -0.1) is 0 Å². The molecule has 1 saturated heterocycles. The Morgan fingerprint density at radius 2 is 1.74 bits per heavy atom. The fourth-order valence-corrected chi connectivity index (χ4v) is 4.45. The molecule has 0 unspecified atom stereocenters. The van der Waals surface area contributed by atoms with Crippen LogP contribution in [-0.2, 0) is 20.5 Å². The van der Waals surface area contributed by atoms with Crippen molar-refractivity contribution in [3.63, 3.8) is 0 Å². The third-order valence-electron chi connectivity index (χ3n) is 5.02. The largest absolute Gasteiger partial charge is 0.416 e. The third kappa shape index (κ3) is 4.77. The Kier molecular flexibility index (Phi) is 6.06. The summed E-state index contributed by atoms with van der Waals surface area (Å²) in [6, 6.07) is 11.9. The van der Waals surface area contributed by atoms with E-state index in [9.17, 15) is 22.8 Å². The number of ether oxygens (including phenoxy) is 1. The number of alkyl halides is 3. The highest BCUT2D eigenvalue weighted by molar-refractivity contribution is 8.04. The molecule has 0 spiro atoms. The van der Waals surface area contributed by atoms with Gasteiger partial charge in [0.15, 0.2) is 0 Å². The lowest BCUT2D eigenvalue weighted by Crippen LogP contribution is -2.48. The van der Waals surface area contributed by atoms with Gasteiger partial charge in [-0.25, -0.2) is 0 Å². The molecule has 2 aromatic rings. The summed E-state index contributed by atoms with van der Waals surface area (Å²) in [6.45, 7) is 1.77. The Balaban J connectivity index is 1.61. The molecule has 2 heterocycles. The minimum Gasteiger partial charge on any atom is -0.378 e. The van der Waals surface area contributed by atoms with Crippen LogP contribution in [0.25, 0.3) is 6.08 Å². The molecule has 0 N–H and O–H groups in total. The van der Waals surface area contributed by atoms with Gasteiger partial charge in [-0.1, -0.05) is 36.0 Å². The molecule has 0 aliphatic carbocycles. The summed E-state index contributed by atoms with van der Waals surface area (Å²) in [5, 5.41) is 0. The minimum atomic E-state index is -4.42. The van der Waals surface area contributed by atoms with Crippen LogP contribution in [0.4, 0.5) is 18.9 Å². The normalized spacial score (nSPS) is 18.3. The van der Waals surface area contributed by atoms with E-state index in [1.54, 1.807) is 23.1 Å². The molecule has 2 aliphatic rings. The number of carbonyl (C=O) groups excluding carboxylic acids is 2. The molecule has 5 nitrogen and oxygen atoms in total. The third-order valence-corrected chi connectivity index (χ3v) is 6.10. The lowest BCUT2D eigenvalue weighted by Gasteiger charge is -2.33. The maximum atomic E-state index is 13.2. The molecule has 0 saturated carbocycles. The number of para-hydroxylation sites is 1. The van der Waals surface area contributed by atoms with Crippen molar-refractivity contribution in [2.75, 3.05) is 37.7 Å². The van der Waals surface area contributed by atoms with E-state index in [4.69, 9.17) is 4.74 Å². The predicted molar refractivity (Wildman–Crippen MR) is 111 cm³/mol. The number of fused-ring (bicyclic) bond motifs is 1. The van der Waals surface area contributed by atoms with E-state index < -0.39 is 11.7 Å². The van der Waals surface area contributed by atoms with E-state index in [2.05, 4.69) is 0 Å². The van der Waals surface area contributed by atoms with Gasteiger partial charge in [0.25, 0.3) is 5.91 Å². The number of halogens is 3. The predicted octanol–water partition coefficient (Wildman–Crippen LogP) is 4.04. The summed E-state index contributed by atoms with van der Waals surface area (Å²) in [7, 11) is 0. The Bertz CT molecular complexity index is 1020. The van der Waals surface area contributed by atoms with Crippen LogP contribution < -0.4 is 4.90 Å². The first-order valence-corrected chi connectivity index (χ1v) is 10.5. The van der Waals surface area contributed by atoms with Crippen LogP contribution in [0.5, 0.6) is 0 Å². The van der Waals surface area contributed by atoms with Gasteiger partial charge < -0.3 is 9.64 Å². The number of hydrogen-bond acceptors (Lipinski definition) is 4. The van der Waals surface area contributed by atoms with Crippen LogP contribution in [0.2, 0.25) is 0 Å². The standard InChI is InChI=1S/C22H19F3N2O3S/c23-22(24,25)16-7-5-15(6-8-16)13-19-21(29)27(17-3-1-2-4-18(17)31-19)14-20(28)26-9-11-30-12-10-26/h1-8,13H,9-12,14H2/b19-13+. The quantitative estimate of drug-likeness (QED) is 0.665. The topological polar surface area (TPSA) is 49.9 Å². The summed E-state index contributed by atoms with van der Waals surface area (Å²) >= 11 is 1.24. The van der Waals surface area contributed by atoms with Crippen molar-refractivity contribution in [3.8, 4) is 0 Å². The van der Waals surface area contributed by atoms with Gasteiger partial charge in [0, 0.05) is 18.0 Å². The van der Waals surface area contributed by atoms with Crippen molar-refractivity contribution >= 4 is 35.3 Å². The van der Waals surface area contributed by atoms with Crippen molar-refractivity contribution in [3.05, 3.63) is 64.6 Å². The second kappa shape index (κ2) is 8.76. The molecule has 0 aromatic heterocycles. The SMILES string of the molecule is O=C(CN1C(=O)/C(=C\c2ccc(C(F)(F)F)cc2)Sc2ccccc21)N1CCOCC1. The van der Waals surface area contributed by atoms with E-state index in [1.807, 2.05) is 12.1 Å². The molecule has 2 aliphatic heterocycles. The van der Waals surface area contributed by atoms with Crippen LogP contribution in [0.3, 0.4) is 0 Å². The highest BCUT2D eigenvalue weighted by atomic mass is 32.2. The number of anilines is 1. The molecule has 2 amide bonds. The Labute approximate surface area is 181 Å². The van der Waals surface area contributed by atoms with E-state index in [1.165, 1.54) is 28.8 Å². The number of carbonyl (C=O) groups is 2. The molecule has 0 radical (unpaired) electrons. The highest BCUT2D eigenvalue weighted by Crippen LogP contribution is 2.42. The molecule has 9 heteroatoms. The first-order chi connectivity index (χ1) is 14.8. The van der Waals surface area contributed by atoms with E-state index in [-0.39, 0.29) is 18.4 Å². The van der Waals surface area contributed by atoms with Gasteiger partial charge in [-0.2, -0.15) is 13.2 Å². The number of thioether (sulfide) groups is 1. The van der Waals surface area contributed by atoms with Crippen LogP contribution in [0.1, 0.15) is 11.1 Å². The number of hydrogen-bond donors (Lipinski definition) is 0. The summed E-state index contributed by atoms with van der Waals surface area (Å²) in [5.41, 5.74) is 0.367. The smallest absolute Gasteiger partial charge is 0.378 e. The first kappa shape index (κ1) is 21.5. The van der Waals surface area contributed by atoms with E-state index >= 15 is 0 Å². The van der Waals surface area contributed by atoms with Gasteiger partial charge in [-0.3, -0.25) is 14.5 Å².